The first-order chi connectivity index (χ1) is 10.7. The maximum absolute atomic E-state index is 10.7. The fourth-order valence-corrected chi connectivity index (χ4v) is 2.19. The van der Waals surface area contributed by atoms with Crippen molar-refractivity contribution in [2.24, 2.45) is 0 Å². The van der Waals surface area contributed by atoms with E-state index in [1.807, 2.05) is 54.6 Å². The van der Waals surface area contributed by atoms with Crippen LogP contribution in [0.4, 0.5) is 11.4 Å². The standard InChI is InChI=1S/C13H10N2O2.C5H5.Fe/c16-13(17)9-5-6-10-11(7-9)15-12(14-10)8-3-1-2-4-8;1-2-4-5-3-1;/h1-7,14-15H,(H,16,17);1-5H;/q;-1;+2/p-1. The number of aromatic carboxylic acids is 1. The molecule has 4 rings (SSSR count). The summed E-state index contributed by atoms with van der Waals surface area (Å²) in [6.45, 7) is 0. The molecule has 1 aliphatic carbocycles. The maximum atomic E-state index is 10.7. The molecule has 5 heteroatoms. The Morgan fingerprint density at radius 2 is 1.65 bits per heavy atom. The minimum absolute atomic E-state index is 0. The number of carboxylic acid groups (broad SMARTS) is 1. The molecule has 1 aliphatic heterocycles. The van der Waals surface area contributed by atoms with Crippen LogP contribution in [0.5, 0.6) is 0 Å². The molecule has 0 radical (unpaired) electrons. The van der Waals surface area contributed by atoms with E-state index in [2.05, 4.69) is 10.6 Å². The van der Waals surface area contributed by atoms with E-state index >= 15 is 0 Å². The molecular formula is C18H14FeN2O2. The summed E-state index contributed by atoms with van der Waals surface area (Å²) in [5, 5.41) is 17.1. The van der Waals surface area contributed by atoms with Crippen LogP contribution in [0.3, 0.4) is 0 Å². The van der Waals surface area contributed by atoms with E-state index in [4.69, 9.17) is 0 Å². The van der Waals surface area contributed by atoms with E-state index < -0.39 is 5.97 Å². The van der Waals surface area contributed by atoms with E-state index in [1.165, 1.54) is 6.07 Å². The molecule has 0 unspecified atom stereocenters. The van der Waals surface area contributed by atoms with Crippen LogP contribution in [0, 0.1) is 0 Å². The number of benzene rings is 1. The van der Waals surface area contributed by atoms with Gasteiger partial charge in [-0.25, -0.2) is 12.1 Å². The zero-order valence-electron chi connectivity index (χ0n) is 12.1. The van der Waals surface area contributed by atoms with Gasteiger partial charge in [0.1, 0.15) is 5.82 Å². The van der Waals surface area contributed by atoms with Crippen LogP contribution in [0.25, 0.3) is 0 Å². The van der Waals surface area contributed by atoms with Crippen LogP contribution < -0.4 is 15.7 Å². The molecule has 23 heavy (non-hydrogen) atoms. The number of fused-ring (bicyclic) bond motifs is 1. The predicted molar refractivity (Wildman–Crippen MR) is 85.4 cm³/mol. The molecule has 0 aromatic heterocycles. The quantitative estimate of drug-likeness (QED) is 0.616. The first kappa shape index (κ1) is 16.7. The van der Waals surface area contributed by atoms with Gasteiger partial charge in [0.05, 0.1) is 17.3 Å². The van der Waals surface area contributed by atoms with E-state index in [-0.39, 0.29) is 22.6 Å². The van der Waals surface area contributed by atoms with Gasteiger partial charge in [0, 0.05) is 5.57 Å². The Kier molecular flexibility index (Phi) is 5.52. The molecule has 116 valence electrons. The third-order valence-electron chi connectivity index (χ3n) is 3.28. The van der Waals surface area contributed by atoms with Crippen molar-refractivity contribution in [2.75, 3.05) is 10.6 Å². The summed E-state index contributed by atoms with van der Waals surface area (Å²) in [5.74, 6) is -0.308. The fraction of sp³-hybridized carbons (Fsp3) is 0. The van der Waals surface area contributed by atoms with Gasteiger partial charge in [0.15, 0.2) is 0 Å². The van der Waals surface area contributed by atoms with Crippen LogP contribution in [0.15, 0.2) is 84.2 Å². The van der Waals surface area contributed by atoms with Gasteiger partial charge in [-0.2, -0.15) is 18.2 Å². The van der Waals surface area contributed by atoms with Gasteiger partial charge in [-0.05, 0) is 17.7 Å². The molecule has 2 aromatic carbocycles. The topological polar surface area (TPSA) is 64.2 Å². The van der Waals surface area contributed by atoms with Gasteiger partial charge in [-0.1, -0.05) is 30.4 Å². The third-order valence-corrected chi connectivity index (χ3v) is 3.28. The van der Waals surface area contributed by atoms with Gasteiger partial charge in [-0.15, -0.1) is 0 Å². The zero-order valence-corrected chi connectivity index (χ0v) is 13.2. The van der Waals surface area contributed by atoms with Crippen LogP contribution in [-0.2, 0) is 17.1 Å². The zero-order chi connectivity index (χ0) is 15.4. The Morgan fingerprint density at radius 1 is 1.00 bits per heavy atom. The molecule has 0 fully saturated rings. The average molecular weight is 346 g/mol. The predicted octanol–water partition coefficient (Wildman–Crippen LogP) is 2.63. The first-order valence-corrected chi connectivity index (χ1v) is 6.89. The van der Waals surface area contributed by atoms with Crippen molar-refractivity contribution < 1.29 is 27.0 Å². The molecule has 0 saturated carbocycles. The van der Waals surface area contributed by atoms with E-state index in [9.17, 15) is 9.90 Å². The number of nitrogens with one attached hydrogen (secondary N) is 2. The molecular weight excluding hydrogens is 332 g/mol. The molecule has 0 spiro atoms. The van der Waals surface area contributed by atoms with Crippen molar-refractivity contribution in [1.29, 1.82) is 0 Å². The summed E-state index contributed by atoms with van der Waals surface area (Å²) in [5.41, 5.74) is 2.83. The van der Waals surface area contributed by atoms with Crippen LogP contribution in [-0.4, -0.2) is 5.97 Å². The number of anilines is 2. The van der Waals surface area contributed by atoms with Crippen molar-refractivity contribution in [2.45, 2.75) is 0 Å². The second kappa shape index (κ2) is 7.58. The monoisotopic (exact) mass is 346 g/mol. The summed E-state index contributed by atoms with van der Waals surface area (Å²) >= 11 is 0. The van der Waals surface area contributed by atoms with Crippen molar-refractivity contribution in [3.8, 4) is 0 Å². The summed E-state index contributed by atoms with van der Waals surface area (Å²) in [7, 11) is 0. The number of rotatable bonds is 1. The van der Waals surface area contributed by atoms with Crippen molar-refractivity contribution in [3.63, 3.8) is 0 Å². The van der Waals surface area contributed by atoms with Crippen LogP contribution >= 0.6 is 0 Å². The summed E-state index contributed by atoms with van der Waals surface area (Å²) in [6.07, 6.45) is 7.84. The second-order valence-electron chi connectivity index (χ2n) is 4.81. The third kappa shape index (κ3) is 3.97. The van der Waals surface area contributed by atoms with E-state index in [0.29, 0.717) is 0 Å². The molecule has 0 saturated heterocycles. The van der Waals surface area contributed by atoms with Crippen molar-refractivity contribution in [3.05, 3.63) is 89.8 Å². The normalized spacial score (nSPS) is 13.4. The molecule has 2 aromatic rings. The van der Waals surface area contributed by atoms with Crippen molar-refractivity contribution in [1.82, 2.24) is 0 Å². The van der Waals surface area contributed by atoms with Gasteiger partial charge in [0.2, 0.25) is 0 Å². The molecule has 2 aliphatic rings. The number of carbonyl (C=O) groups is 1. The number of carbonyl (C=O) groups excluding carboxylic acids is 1. The van der Waals surface area contributed by atoms with Crippen molar-refractivity contribution >= 4 is 17.3 Å². The number of hydrogen-bond acceptors (Lipinski definition) is 4. The fourth-order valence-electron chi connectivity index (χ4n) is 2.19. The molecule has 0 atom stereocenters. The van der Waals surface area contributed by atoms with E-state index in [1.54, 1.807) is 12.1 Å². The Morgan fingerprint density at radius 3 is 2.22 bits per heavy atom. The van der Waals surface area contributed by atoms with Gasteiger partial charge < -0.3 is 20.5 Å². The Balaban J connectivity index is 0.000000276. The Labute approximate surface area is 145 Å². The van der Waals surface area contributed by atoms with Crippen LogP contribution in [0.2, 0.25) is 0 Å². The summed E-state index contributed by atoms with van der Waals surface area (Å²) in [6, 6.07) is 14.8. The molecule has 4 nitrogen and oxygen atoms in total. The number of hydrogen-bond donors (Lipinski definition) is 2. The SMILES string of the molecule is O=C([O-])c1ccc2c(c1)NC(=C1C=CC=C1)N2.[Fe+2].c1cc[cH-]c1. The van der Waals surface area contributed by atoms with Crippen LogP contribution in [0.1, 0.15) is 10.4 Å². The molecule has 1 heterocycles. The molecule has 0 bridgehead atoms. The summed E-state index contributed by atoms with van der Waals surface area (Å²) in [4.78, 5) is 10.7. The van der Waals surface area contributed by atoms with Gasteiger partial charge in [-0.3, -0.25) is 0 Å². The maximum Gasteiger partial charge on any atom is 2.00 e. The molecule has 2 N–H and O–H groups in total. The smallest absolute Gasteiger partial charge is 0.545 e. The summed E-state index contributed by atoms with van der Waals surface area (Å²) < 4.78 is 0. The number of allylic oxidation sites excluding steroid dienone is 5. The Hall–Kier alpha value is -2.62. The average Bonchev–Trinajstić information content (AvgIpc) is 3.26. The second-order valence-corrected chi connectivity index (χ2v) is 4.81. The minimum Gasteiger partial charge on any atom is -0.545 e. The number of carboxylic acids is 1. The van der Waals surface area contributed by atoms with Gasteiger partial charge >= 0.3 is 17.1 Å². The first-order valence-electron chi connectivity index (χ1n) is 6.89. The largest absolute Gasteiger partial charge is 2.00 e. The molecule has 0 amide bonds. The Bertz CT molecular complexity index is 743. The van der Waals surface area contributed by atoms with E-state index in [0.717, 1.165) is 22.8 Å². The minimum atomic E-state index is -1.17. The van der Waals surface area contributed by atoms with Gasteiger partial charge in [0.25, 0.3) is 0 Å².